The molecule has 0 saturated carbocycles. The van der Waals surface area contributed by atoms with Gasteiger partial charge in [-0.3, -0.25) is 4.79 Å². The number of likely N-dealkylation sites (tertiary alicyclic amines) is 1. The van der Waals surface area contributed by atoms with Gasteiger partial charge in [-0.25, -0.2) is 14.8 Å². The number of rotatable bonds is 4. The summed E-state index contributed by atoms with van der Waals surface area (Å²) in [5.74, 6) is 0.418. The number of urea groups is 1. The van der Waals surface area contributed by atoms with Gasteiger partial charge in [0.15, 0.2) is 5.65 Å². The molecule has 1 saturated heterocycles. The number of anilines is 1. The van der Waals surface area contributed by atoms with Gasteiger partial charge in [0, 0.05) is 44.1 Å². The molecular weight excluding hydrogens is 404 g/mol. The lowest BCUT2D eigenvalue weighted by molar-refractivity contribution is 0.0802. The number of hydrogen-bond acceptors (Lipinski definition) is 4. The molecule has 2 N–H and O–H groups in total. The zero-order chi connectivity index (χ0) is 21.3. The monoisotopic (exact) mass is 426 g/mol. The number of amides is 3. The first kappa shape index (κ1) is 20.2. The van der Waals surface area contributed by atoms with Crippen molar-refractivity contribution in [1.29, 1.82) is 0 Å². The topological polar surface area (TPSA) is 94.2 Å². The first-order chi connectivity index (χ1) is 14.5. The van der Waals surface area contributed by atoms with E-state index in [1.165, 1.54) is 6.20 Å². The van der Waals surface area contributed by atoms with Crippen molar-refractivity contribution in [3.8, 4) is 11.4 Å². The smallest absolute Gasteiger partial charge is 0.321 e. The summed E-state index contributed by atoms with van der Waals surface area (Å²) in [4.78, 5) is 40.2. The van der Waals surface area contributed by atoms with Crippen LogP contribution in [0.1, 0.15) is 30.1 Å². The molecule has 0 atom stereocenters. The van der Waals surface area contributed by atoms with Crippen LogP contribution in [0.5, 0.6) is 0 Å². The van der Waals surface area contributed by atoms with Gasteiger partial charge in [0.1, 0.15) is 5.82 Å². The largest absolute Gasteiger partial charge is 0.342 e. The summed E-state index contributed by atoms with van der Waals surface area (Å²) in [6.45, 7) is 4.07. The summed E-state index contributed by atoms with van der Waals surface area (Å²) in [5.41, 5.74) is 2.90. The summed E-state index contributed by atoms with van der Waals surface area (Å²) in [7, 11) is 1.74. The molecule has 156 valence electrons. The fourth-order valence-corrected chi connectivity index (χ4v) is 3.62. The molecule has 3 aromatic rings. The Bertz CT molecular complexity index is 1110. The van der Waals surface area contributed by atoms with Crippen molar-refractivity contribution in [2.75, 3.05) is 32.0 Å². The van der Waals surface area contributed by atoms with E-state index in [1.807, 2.05) is 6.92 Å². The number of fused-ring (bicyclic) bond motifs is 1. The third-order valence-electron chi connectivity index (χ3n) is 5.27. The standard InChI is InChI=1S/C21H23ClN6O2/c1-3-27(2)20(29)13-10-17-19(23-12-13)26-18(25-17)15-11-14(6-7-16(15)22)24-21(30)28-8-4-5-9-28/h6-7,10-12H,3-5,8-9H2,1-2H3,(H,24,30)(H,23,25,26). The number of benzene rings is 1. The number of pyridine rings is 1. The van der Waals surface area contributed by atoms with Gasteiger partial charge in [0.05, 0.1) is 16.1 Å². The van der Waals surface area contributed by atoms with E-state index in [-0.39, 0.29) is 11.9 Å². The minimum Gasteiger partial charge on any atom is -0.342 e. The van der Waals surface area contributed by atoms with Gasteiger partial charge in [-0.1, -0.05) is 11.6 Å². The van der Waals surface area contributed by atoms with Crippen molar-refractivity contribution < 1.29 is 9.59 Å². The van der Waals surface area contributed by atoms with Crippen LogP contribution in [0.25, 0.3) is 22.6 Å². The van der Waals surface area contributed by atoms with Crippen LogP contribution < -0.4 is 5.32 Å². The van der Waals surface area contributed by atoms with Gasteiger partial charge in [0.25, 0.3) is 5.91 Å². The number of carbonyl (C=O) groups is 2. The number of aromatic amines is 1. The number of hydrogen-bond donors (Lipinski definition) is 2. The molecule has 4 rings (SSSR count). The van der Waals surface area contributed by atoms with Gasteiger partial charge in [-0.2, -0.15) is 0 Å². The summed E-state index contributed by atoms with van der Waals surface area (Å²) >= 11 is 6.40. The van der Waals surface area contributed by atoms with Crippen molar-refractivity contribution in [3.05, 3.63) is 41.0 Å². The van der Waals surface area contributed by atoms with E-state index >= 15 is 0 Å². The van der Waals surface area contributed by atoms with E-state index in [4.69, 9.17) is 11.6 Å². The quantitative estimate of drug-likeness (QED) is 0.659. The number of carbonyl (C=O) groups excluding carboxylic acids is 2. The average Bonchev–Trinajstić information content (AvgIpc) is 3.43. The molecule has 0 bridgehead atoms. The highest BCUT2D eigenvalue weighted by atomic mass is 35.5. The second kappa shape index (κ2) is 8.31. The fraction of sp³-hybridized carbons (Fsp3) is 0.333. The van der Waals surface area contributed by atoms with Crippen LogP contribution in [0.15, 0.2) is 30.5 Å². The van der Waals surface area contributed by atoms with Gasteiger partial charge in [-0.15, -0.1) is 0 Å². The molecule has 30 heavy (non-hydrogen) atoms. The predicted molar refractivity (Wildman–Crippen MR) is 117 cm³/mol. The highest BCUT2D eigenvalue weighted by molar-refractivity contribution is 6.33. The maximum Gasteiger partial charge on any atom is 0.321 e. The zero-order valence-corrected chi connectivity index (χ0v) is 17.7. The van der Waals surface area contributed by atoms with Crippen molar-refractivity contribution in [2.45, 2.75) is 19.8 Å². The van der Waals surface area contributed by atoms with E-state index < -0.39 is 0 Å². The Hall–Kier alpha value is -3.13. The molecule has 3 heterocycles. The SMILES string of the molecule is CCN(C)C(=O)c1cnc2nc(-c3cc(NC(=O)N4CCCC4)ccc3Cl)[nH]c2c1. The highest BCUT2D eigenvalue weighted by Gasteiger charge is 2.19. The van der Waals surface area contributed by atoms with Gasteiger partial charge >= 0.3 is 6.03 Å². The van der Waals surface area contributed by atoms with Crippen molar-refractivity contribution in [3.63, 3.8) is 0 Å². The normalized spacial score (nSPS) is 13.6. The molecule has 8 nitrogen and oxygen atoms in total. The Kier molecular flexibility index (Phi) is 5.59. The number of imidazole rings is 1. The lowest BCUT2D eigenvalue weighted by Crippen LogP contribution is -2.32. The molecule has 0 spiro atoms. The van der Waals surface area contributed by atoms with Crippen LogP contribution in [0.4, 0.5) is 10.5 Å². The van der Waals surface area contributed by atoms with Gasteiger partial charge < -0.3 is 20.1 Å². The minimum atomic E-state index is -0.116. The predicted octanol–water partition coefficient (Wildman–Crippen LogP) is 4.00. The molecule has 3 amide bonds. The van der Waals surface area contributed by atoms with E-state index in [0.29, 0.717) is 45.4 Å². The van der Waals surface area contributed by atoms with E-state index in [1.54, 1.807) is 41.1 Å². The molecular formula is C21H23ClN6O2. The number of aromatic nitrogens is 3. The molecule has 9 heteroatoms. The molecule has 0 aliphatic carbocycles. The number of halogens is 1. The number of nitrogens with one attached hydrogen (secondary N) is 2. The molecule has 2 aromatic heterocycles. The number of nitrogens with zero attached hydrogens (tertiary/aromatic N) is 4. The lowest BCUT2D eigenvalue weighted by atomic mass is 10.2. The maximum absolute atomic E-state index is 12.4. The average molecular weight is 427 g/mol. The Morgan fingerprint density at radius 1 is 1.27 bits per heavy atom. The van der Waals surface area contributed by atoms with Crippen LogP contribution in [0, 0.1) is 0 Å². The summed E-state index contributed by atoms with van der Waals surface area (Å²) < 4.78 is 0. The summed E-state index contributed by atoms with van der Waals surface area (Å²) in [5, 5.41) is 3.41. The molecule has 0 radical (unpaired) electrons. The molecule has 1 aliphatic rings. The lowest BCUT2D eigenvalue weighted by Gasteiger charge is -2.16. The first-order valence-electron chi connectivity index (χ1n) is 9.93. The molecule has 1 fully saturated rings. The van der Waals surface area contributed by atoms with Crippen LogP contribution in [-0.2, 0) is 0 Å². The summed E-state index contributed by atoms with van der Waals surface area (Å²) in [6, 6.07) is 6.89. The Morgan fingerprint density at radius 2 is 2.03 bits per heavy atom. The zero-order valence-electron chi connectivity index (χ0n) is 16.9. The maximum atomic E-state index is 12.4. The second-order valence-corrected chi connectivity index (χ2v) is 7.73. The van der Waals surface area contributed by atoms with Crippen LogP contribution in [0.2, 0.25) is 5.02 Å². The molecule has 1 aliphatic heterocycles. The number of H-pyrrole nitrogens is 1. The van der Waals surface area contributed by atoms with E-state index in [9.17, 15) is 9.59 Å². The van der Waals surface area contributed by atoms with E-state index in [2.05, 4.69) is 20.3 Å². The van der Waals surface area contributed by atoms with Crippen LogP contribution in [0.3, 0.4) is 0 Å². The van der Waals surface area contributed by atoms with E-state index in [0.717, 1.165) is 25.9 Å². The third-order valence-corrected chi connectivity index (χ3v) is 5.60. The van der Waals surface area contributed by atoms with Crippen LogP contribution >= 0.6 is 11.6 Å². The molecule has 0 unspecified atom stereocenters. The van der Waals surface area contributed by atoms with Gasteiger partial charge in [0.2, 0.25) is 0 Å². The van der Waals surface area contributed by atoms with Crippen molar-refractivity contribution >= 4 is 40.4 Å². The Balaban J connectivity index is 1.62. The fourth-order valence-electron chi connectivity index (χ4n) is 3.42. The Labute approximate surface area is 179 Å². The highest BCUT2D eigenvalue weighted by Crippen LogP contribution is 2.30. The molecule has 1 aromatic carbocycles. The van der Waals surface area contributed by atoms with Crippen LogP contribution in [-0.4, -0.2) is 63.4 Å². The summed E-state index contributed by atoms with van der Waals surface area (Å²) in [6.07, 6.45) is 3.59. The first-order valence-corrected chi connectivity index (χ1v) is 10.3. The van der Waals surface area contributed by atoms with Crippen molar-refractivity contribution in [1.82, 2.24) is 24.8 Å². The third kappa shape index (κ3) is 3.95. The Morgan fingerprint density at radius 3 is 2.77 bits per heavy atom. The second-order valence-electron chi connectivity index (χ2n) is 7.32. The van der Waals surface area contributed by atoms with Crippen molar-refractivity contribution in [2.24, 2.45) is 0 Å². The minimum absolute atomic E-state index is 0.104. The van der Waals surface area contributed by atoms with Gasteiger partial charge in [-0.05, 0) is 44.0 Å².